The first-order chi connectivity index (χ1) is 13.7. The van der Waals surface area contributed by atoms with Gasteiger partial charge in [-0.3, -0.25) is 4.79 Å². The topological polar surface area (TPSA) is 80.8 Å². The smallest absolute Gasteiger partial charge is 0.410 e. The highest BCUT2D eigenvalue weighted by Crippen LogP contribution is 2.18. The Morgan fingerprint density at radius 1 is 1.14 bits per heavy atom. The summed E-state index contributed by atoms with van der Waals surface area (Å²) < 4.78 is 10.5. The van der Waals surface area contributed by atoms with E-state index in [1.54, 1.807) is 23.2 Å². The minimum Gasteiger partial charge on any atom is -0.480 e. The Bertz CT molecular complexity index is 789. The molecule has 0 bridgehead atoms. The third kappa shape index (κ3) is 5.22. The fourth-order valence-electron chi connectivity index (χ4n) is 3.19. The highest BCUT2D eigenvalue weighted by molar-refractivity contribution is 5.96. The van der Waals surface area contributed by atoms with Crippen LogP contribution in [-0.2, 0) is 11.3 Å². The van der Waals surface area contributed by atoms with Crippen molar-refractivity contribution in [2.45, 2.75) is 19.4 Å². The third-order valence-electron chi connectivity index (χ3n) is 4.84. The van der Waals surface area contributed by atoms with Gasteiger partial charge in [-0.1, -0.05) is 30.3 Å². The Labute approximate surface area is 164 Å². The van der Waals surface area contributed by atoms with E-state index in [0.717, 1.165) is 18.4 Å². The number of aromatic nitrogens is 1. The first-order valence-corrected chi connectivity index (χ1v) is 9.40. The van der Waals surface area contributed by atoms with Crippen LogP contribution in [-0.4, -0.2) is 48.6 Å². The number of amides is 2. The molecule has 0 spiro atoms. The molecule has 1 aromatic carbocycles. The number of ether oxygens (including phenoxy) is 2. The molecule has 1 N–H and O–H groups in total. The molecule has 148 valence electrons. The van der Waals surface area contributed by atoms with Crippen molar-refractivity contribution in [3.8, 4) is 5.88 Å². The van der Waals surface area contributed by atoms with Crippen LogP contribution in [0.15, 0.2) is 48.7 Å². The number of carbonyl (C=O) groups is 2. The van der Waals surface area contributed by atoms with Crippen LogP contribution in [0.3, 0.4) is 0 Å². The molecule has 28 heavy (non-hydrogen) atoms. The van der Waals surface area contributed by atoms with Gasteiger partial charge in [-0.2, -0.15) is 0 Å². The van der Waals surface area contributed by atoms with Crippen molar-refractivity contribution in [2.75, 3.05) is 26.7 Å². The van der Waals surface area contributed by atoms with Gasteiger partial charge in [0.15, 0.2) is 0 Å². The summed E-state index contributed by atoms with van der Waals surface area (Å²) in [6.45, 7) is 2.10. The van der Waals surface area contributed by atoms with Crippen molar-refractivity contribution in [3.63, 3.8) is 0 Å². The molecule has 2 aromatic rings. The minimum atomic E-state index is -0.286. The number of piperidine rings is 1. The van der Waals surface area contributed by atoms with Crippen molar-refractivity contribution in [3.05, 3.63) is 59.8 Å². The number of rotatable bonds is 6. The summed E-state index contributed by atoms with van der Waals surface area (Å²) in [5, 5.41) is 2.94. The van der Waals surface area contributed by atoms with Crippen molar-refractivity contribution in [1.29, 1.82) is 0 Å². The van der Waals surface area contributed by atoms with E-state index in [2.05, 4.69) is 10.3 Å². The second-order valence-electron chi connectivity index (χ2n) is 6.74. The molecule has 1 aliphatic heterocycles. The third-order valence-corrected chi connectivity index (χ3v) is 4.84. The van der Waals surface area contributed by atoms with E-state index in [1.165, 1.54) is 7.11 Å². The normalized spacial score (nSPS) is 14.4. The Kier molecular flexibility index (Phi) is 6.84. The zero-order valence-corrected chi connectivity index (χ0v) is 16.0. The lowest BCUT2D eigenvalue weighted by Crippen LogP contribution is -2.41. The molecule has 1 fully saturated rings. The summed E-state index contributed by atoms with van der Waals surface area (Å²) in [6.07, 6.45) is 2.95. The average molecular weight is 383 g/mol. The molecule has 0 aliphatic carbocycles. The van der Waals surface area contributed by atoms with E-state index in [9.17, 15) is 9.59 Å². The molecule has 0 radical (unpaired) electrons. The van der Waals surface area contributed by atoms with Crippen molar-refractivity contribution >= 4 is 12.0 Å². The molecule has 1 aromatic heterocycles. The van der Waals surface area contributed by atoms with Gasteiger partial charge < -0.3 is 19.7 Å². The molecular weight excluding hydrogens is 358 g/mol. The van der Waals surface area contributed by atoms with Gasteiger partial charge >= 0.3 is 6.09 Å². The number of nitrogens with one attached hydrogen (secondary N) is 1. The molecular formula is C21H25N3O4. The Morgan fingerprint density at radius 2 is 1.89 bits per heavy atom. The SMILES string of the molecule is COc1ncccc1C(=O)NCC1CCN(C(=O)OCc2ccccc2)CC1. The fourth-order valence-corrected chi connectivity index (χ4v) is 3.19. The largest absolute Gasteiger partial charge is 0.480 e. The molecule has 7 heteroatoms. The van der Waals surface area contributed by atoms with E-state index in [1.807, 2.05) is 30.3 Å². The van der Waals surface area contributed by atoms with Crippen LogP contribution in [0.2, 0.25) is 0 Å². The van der Waals surface area contributed by atoms with E-state index in [-0.39, 0.29) is 18.6 Å². The summed E-state index contributed by atoms with van der Waals surface area (Å²) in [5.74, 6) is 0.440. The highest BCUT2D eigenvalue weighted by Gasteiger charge is 2.24. The summed E-state index contributed by atoms with van der Waals surface area (Å²) >= 11 is 0. The minimum absolute atomic E-state index is 0.199. The first-order valence-electron chi connectivity index (χ1n) is 9.40. The van der Waals surface area contributed by atoms with Gasteiger partial charge in [0.1, 0.15) is 12.2 Å². The number of pyridine rings is 1. The lowest BCUT2D eigenvalue weighted by Gasteiger charge is -2.31. The summed E-state index contributed by atoms with van der Waals surface area (Å²) in [6, 6.07) is 13.0. The molecule has 3 rings (SSSR count). The van der Waals surface area contributed by atoms with Crippen molar-refractivity contribution < 1.29 is 19.1 Å². The predicted octanol–water partition coefficient (Wildman–Crippen LogP) is 2.87. The molecule has 7 nitrogen and oxygen atoms in total. The zero-order chi connectivity index (χ0) is 19.8. The molecule has 1 aliphatic rings. The van der Waals surface area contributed by atoms with E-state index in [4.69, 9.17) is 9.47 Å². The number of hydrogen-bond acceptors (Lipinski definition) is 5. The molecule has 0 unspecified atom stereocenters. The lowest BCUT2D eigenvalue weighted by atomic mass is 9.97. The number of methoxy groups -OCH3 is 1. The maximum Gasteiger partial charge on any atom is 0.410 e. The van der Waals surface area contributed by atoms with Gasteiger partial charge in [0.2, 0.25) is 5.88 Å². The van der Waals surface area contributed by atoms with Crippen LogP contribution < -0.4 is 10.1 Å². The van der Waals surface area contributed by atoms with Gasteiger partial charge in [0.25, 0.3) is 5.91 Å². The summed E-state index contributed by atoms with van der Waals surface area (Å²) in [5.41, 5.74) is 1.39. The predicted molar refractivity (Wildman–Crippen MR) is 104 cm³/mol. The maximum atomic E-state index is 12.3. The molecule has 2 heterocycles. The van der Waals surface area contributed by atoms with Crippen molar-refractivity contribution in [2.24, 2.45) is 5.92 Å². The number of benzene rings is 1. The maximum absolute atomic E-state index is 12.3. The quantitative estimate of drug-likeness (QED) is 0.830. The van der Waals surface area contributed by atoms with Crippen LogP contribution in [0.1, 0.15) is 28.8 Å². The molecule has 0 atom stereocenters. The Morgan fingerprint density at radius 3 is 2.61 bits per heavy atom. The van der Waals surface area contributed by atoms with Crippen LogP contribution in [0.5, 0.6) is 5.88 Å². The standard InChI is InChI=1S/C21H25N3O4/c1-27-20-18(8-5-11-22-20)19(25)23-14-16-9-12-24(13-10-16)21(26)28-15-17-6-3-2-4-7-17/h2-8,11,16H,9-10,12-15H2,1H3,(H,23,25). The van der Waals surface area contributed by atoms with Crippen LogP contribution in [0, 0.1) is 5.92 Å². The number of likely N-dealkylation sites (tertiary alicyclic amines) is 1. The fraction of sp³-hybridized carbons (Fsp3) is 0.381. The van der Waals surface area contributed by atoms with Crippen molar-refractivity contribution in [1.82, 2.24) is 15.2 Å². The molecule has 1 saturated heterocycles. The Balaban J connectivity index is 1.40. The van der Waals surface area contributed by atoms with Gasteiger partial charge in [0, 0.05) is 25.8 Å². The molecule has 0 saturated carbocycles. The number of nitrogens with zero attached hydrogens (tertiary/aromatic N) is 2. The van der Waals surface area contributed by atoms with Gasteiger partial charge in [-0.25, -0.2) is 9.78 Å². The highest BCUT2D eigenvalue weighted by atomic mass is 16.6. The number of carbonyl (C=O) groups excluding carboxylic acids is 2. The second kappa shape index (κ2) is 9.73. The van der Waals surface area contributed by atoms with E-state index >= 15 is 0 Å². The zero-order valence-electron chi connectivity index (χ0n) is 16.0. The summed E-state index contributed by atoms with van der Waals surface area (Å²) in [7, 11) is 1.49. The Hall–Kier alpha value is -3.09. The van der Waals surface area contributed by atoms with Gasteiger partial charge in [-0.05, 0) is 36.5 Å². The summed E-state index contributed by atoms with van der Waals surface area (Å²) in [4.78, 5) is 30.3. The van der Waals surface area contributed by atoms with Crippen LogP contribution in [0.4, 0.5) is 4.79 Å². The van der Waals surface area contributed by atoms with E-state index < -0.39 is 0 Å². The van der Waals surface area contributed by atoms with E-state index in [0.29, 0.717) is 37.0 Å². The first kappa shape index (κ1) is 19.7. The lowest BCUT2D eigenvalue weighted by molar-refractivity contribution is 0.0800. The molecule has 2 amide bonds. The number of hydrogen-bond donors (Lipinski definition) is 1. The van der Waals surface area contributed by atoms with Gasteiger partial charge in [-0.15, -0.1) is 0 Å². The van der Waals surface area contributed by atoms with Gasteiger partial charge in [0.05, 0.1) is 7.11 Å². The second-order valence-corrected chi connectivity index (χ2v) is 6.74. The monoisotopic (exact) mass is 383 g/mol. The van der Waals surface area contributed by atoms with Crippen LogP contribution in [0.25, 0.3) is 0 Å². The van der Waals surface area contributed by atoms with Crippen LogP contribution >= 0.6 is 0 Å². The average Bonchev–Trinajstić information content (AvgIpc) is 2.76.